The molecule has 6 heteroatoms. The van der Waals surface area contributed by atoms with E-state index in [1.165, 1.54) is 12.1 Å². The first-order valence-electron chi connectivity index (χ1n) is 8.35. The fourth-order valence-corrected chi connectivity index (χ4v) is 3.72. The first-order valence-corrected chi connectivity index (χ1v) is 8.35. The summed E-state index contributed by atoms with van der Waals surface area (Å²) in [6.45, 7) is 5.36. The molecule has 0 aliphatic carbocycles. The van der Waals surface area contributed by atoms with E-state index in [2.05, 4.69) is 10.2 Å². The molecule has 0 bridgehead atoms. The number of nitrogens with zero attached hydrogens (tertiary/aromatic N) is 1. The van der Waals surface area contributed by atoms with Gasteiger partial charge in [-0.1, -0.05) is 24.3 Å². The van der Waals surface area contributed by atoms with E-state index in [1.807, 2.05) is 31.2 Å². The van der Waals surface area contributed by atoms with Crippen LogP contribution in [0.3, 0.4) is 0 Å². The van der Waals surface area contributed by atoms with Crippen LogP contribution in [0.1, 0.15) is 18.1 Å². The Bertz CT molecular complexity index is 799. The van der Waals surface area contributed by atoms with E-state index in [9.17, 15) is 13.2 Å². The fourth-order valence-electron chi connectivity index (χ4n) is 3.72. The predicted molar refractivity (Wildman–Crippen MR) is 89.3 cm³/mol. The molecule has 1 unspecified atom stereocenters. The van der Waals surface area contributed by atoms with Crippen LogP contribution in [0.2, 0.25) is 0 Å². The smallest absolute Gasteiger partial charge is 0.416 e. The van der Waals surface area contributed by atoms with Gasteiger partial charge in [0.2, 0.25) is 0 Å². The minimum atomic E-state index is -4.37. The van der Waals surface area contributed by atoms with Gasteiger partial charge < -0.3 is 10.1 Å². The van der Waals surface area contributed by atoms with Crippen molar-refractivity contribution >= 4 is 0 Å². The maximum Gasteiger partial charge on any atom is 0.416 e. The molecule has 1 atom stereocenters. The van der Waals surface area contributed by atoms with Gasteiger partial charge in [-0.3, -0.25) is 4.90 Å². The minimum absolute atomic E-state index is 0.493. The Morgan fingerprint density at radius 2 is 1.76 bits per heavy atom. The number of fused-ring (bicyclic) bond motifs is 3. The lowest BCUT2D eigenvalue weighted by Crippen LogP contribution is -2.56. The number of piperazine rings is 1. The van der Waals surface area contributed by atoms with Crippen LogP contribution in [0.5, 0.6) is 5.75 Å². The molecule has 2 aromatic rings. The molecule has 2 aliphatic rings. The van der Waals surface area contributed by atoms with Gasteiger partial charge in [0.15, 0.2) is 5.72 Å². The SMILES string of the molecule is CC1(N2CCNCC2)Oc2ccc(C(F)(F)F)cc2-c2ccccc21. The highest BCUT2D eigenvalue weighted by atomic mass is 19.4. The van der Waals surface area contributed by atoms with Gasteiger partial charge in [0.1, 0.15) is 5.75 Å². The molecular formula is C19H19F3N2O. The summed E-state index contributed by atoms with van der Waals surface area (Å²) < 4.78 is 45.6. The van der Waals surface area contributed by atoms with Crippen molar-refractivity contribution in [2.24, 2.45) is 0 Å². The van der Waals surface area contributed by atoms with Crippen molar-refractivity contribution in [3.05, 3.63) is 53.6 Å². The molecule has 0 spiro atoms. The summed E-state index contributed by atoms with van der Waals surface area (Å²) in [5.41, 5.74) is 0.860. The number of benzene rings is 2. The number of hydrogen-bond donors (Lipinski definition) is 1. The minimum Gasteiger partial charge on any atom is -0.468 e. The molecule has 0 saturated carbocycles. The lowest BCUT2D eigenvalue weighted by molar-refractivity contribution is -0.137. The largest absolute Gasteiger partial charge is 0.468 e. The van der Waals surface area contributed by atoms with Crippen LogP contribution in [0, 0.1) is 0 Å². The van der Waals surface area contributed by atoms with Crippen molar-refractivity contribution in [2.45, 2.75) is 18.8 Å². The Balaban J connectivity index is 1.85. The topological polar surface area (TPSA) is 24.5 Å². The van der Waals surface area contributed by atoms with Gasteiger partial charge in [0.05, 0.1) is 5.56 Å². The van der Waals surface area contributed by atoms with Crippen LogP contribution in [0.4, 0.5) is 13.2 Å². The molecule has 4 rings (SSSR count). The van der Waals surface area contributed by atoms with Crippen molar-refractivity contribution in [3.63, 3.8) is 0 Å². The van der Waals surface area contributed by atoms with E-state index in [1.54, 1.807) is 0 Å². The monoisotopic (exact) mass is 348 g/mol. The van der Waals surface area contributed by atoms with Crippen molar-refractivity contribution in [1.82, 2.24) is 10.2 Å². The summed E-state index contributed by atoms with van der Waals surface area (Å²) in [4.78, 5) is 2.24. The summed E-state index contributed by atoms with van der Waals surface area (Å²) in [5.74, 6) is 0.493. The number of ether oxygens (including phenoxy) is 1. The van der Waals surface area contributed by atoms with Crippen LogP contribution in [-0.4, -0.2) is 31.1 Å². The quantitative estimate of drug-likeness (QED) is 0.847. The van der Waals surface area contributed by atoms with Crippen molar-refractivity contribution in [1.29, 1.82) is 0 Å². The van der Waals surface area contributed by atoms with Gasteiger partial charge in [-0.2, -0.15) is 13.2 Å². The van der Waals surface area contributed by atoms with Crippen molar-refractivity contribution < 1.29 is 17.9 Å². The Morgan fingerprint density at radius 3 is 2.48 bits per heavy atom. The van der Waals surface area contributed by atoms with E-state index in [0.29, 0.717) is 11.3 Å². The molecule has 2 aromatic carbocycles. The Labute approximate surface area is 144 Å². The Morgan fingerprint density at radius 1 is 1.04 bits per heavy atom. The summed E-state index contributed by atoms with van der Waals surface area (Å²) in [6, 6.07) is 11.3. The van der Waals surface area contributed by atoms with Gasteiger partial charge in [0, 0.05) is 37.3 Å². The second-order valence-electron chi connectivity index (χ2n) is 6.58. The molecule has 0 aromatic heterocycles. The van der Waals surface area contributed by atoms with Gasteiger partial charge in [-0.15, -0.1) is 0 Å². The predicted octanol–water partition coefficient (Wildman–Crippen LogP) is 3.84. The number of rotatable bonds is 1. The maximum atomic E-state index is 13.1. The van der Waals surface area contributed by atoms with E-state index in [0.717, 1.165) is 43.4 Å². The number of nitrogens with one attached hydrogen (secondary N) is 1. The second-order valence-corrected chi connectivity index (χ2v) is 6.58. The number of halogens is 3. The average Bonchev–Trinajstić information content (AvgIpc) is 2.62. The van der Waals surface area contributed by atoms with Crippen LogP contribution in [0.25, 0.3) is 11.1 Å². The highest BCUT2D eigenvalue weighted by Gasteiger charge is 2.43. The second kappa shape index (κ2) is 5.75. The number of hydrogen-bond acceptors (Lipinski definition) is 3. The summed E-state index contributed by atoms with van der Waals surface area (Å²) in [5, 5.41) is 3.32. The lowest BCUT2D eigenvalue weighted by Gasteiger charge is -2.46. The molecule has 25 heavy (non-hydrogen) atoms. The maximum absolute atomic E-state index is 13.1. The molecule has 2 aliphatic heterocycles. The Kier molecular flexibility index (Phi) is 3.77. The van der Waals surface area contributed by atoms with Gasteiger partial charge in [-0.25, -0.2) is 0 Å². The molecule has 1 fully saturated rings. The van der Waals surface area contributed by atoms with E-state index >= 15 is 0 Å². The zero-order valence-electron chi connectivity index (χ0n) is 13.9. The summed E-state index contributed by atoms with van der Waals surface area (Å²) >= 11 is 0. The third kappa shape index (κ3) is 2.69. The third-order valence-electron chi connectivity index (χ3n) is 5.05. The van der Waals surface area contributed by atoms with Gasteiger partial charge in [-0.05, 0) is 30.7 Å². The average molecular weight is 348 g/mol. The highest BCUT2D eigenvalue weighted by molar-refractivity contribution is 5.77. The molecule has 132 valence electrons. The van der Waals surface area contributed by atoms with Gasteiger partial charge in [0.25, 0.3) is 0 Å². The van der Waals surface area contributed by atoms with E-state index in [4.69, 9.17) is 4.74 Å². The summed E-state index contributed by atoms with van der Waals surface area (Å²) in [7, 11) is 0. The molecule has 0 radical (unpaired) electrons. The number of alkyl halides is 3. The van der Waals surface area contributed by atoms with Crippen LogP contribution >= 0.6 is 0 Å². The standard InChI is InChI=1S/C19H19F3N2O/c1-18(24-10-8-23-9-11-24)16-5-3-2-4-14(16)15-12-13(19(20,21)22)6-7-17(15)25-18/h2-7,12,23H,8-11H2,1H3. The molecule has 1 N–H and O–H groups in total. The highest BCUT2D eigenvalue weighted by Crippen LogP contribution is 2.48. The fraction of sp³-hybridized carbons (Fsp3) is 0.368. The molecule has 0 amide bonds. The van der Waals surface area contributed by atoms with Crippen LogP contribution < -0.4 is 10.1 Å². The lowest BCUT2D eigenvalue weighted by atomic mass is 9.88. The first kappa shape index (κ1) is 16.4. The first-order chi connectivity index (χ1) is 11.9. The van der Waals surface area contributed by atoms with Crippen LogP contribution in [0.15, 0.2) is 42.5 Å². The van der Waals surface area contributed by atoms with E-state index < -0.39 is 17.5 Å². The normalized spacial score (nSPS) is 23.5. The van der Waals surface area contributed by atoms with E-state index in [-0.39, 0.29) is 0 Å². The Hall–Kier alpha value is -2.05. The zero-order chi connectivity index (χ0) is 17.7. The molecule has 2 heterocycles. The summed E-state index contributed by atoms with van der Waals surface area (Å²) in [6.07, 6.45) is -4.37. The molecule has 1 saturated heterocycles. The third-order valence-corrected chi connectivity index (χ3v) is 5.05. The van der Waals surface area contributed by atoms with Crippen molar-refractivity contribution in [3.8, 4) is 16.9 Å². The van der Waals surface area contributed by atoms with Crippen LogP contribution in [-0.2, 0) is 11.9 Å². The van der Waals surface area contributed by atoms with Crippen molar-refractivity contribution in [2.75, 3.05) is 26.2 Å². The molecular weight excluding hydrogens is 329 g/mol. The van der Waals surface area contributed by atoms with Gasteiger partial charge >= 0.3 is 6.18 Å². The molecule has 3 nitrogen and oxygen atoms in total. The zero-order valence-corrected chi connectivity index (χ0v) is 13.9.